The number of thioether (sulfide) groups is 1. The molecule has 102 valence electrons. The van der Waals surface area contributed by atoms with Gasteiger partial charge in [-0.25, -0.2) is 0 Å². The number of benzene rings is 1. The Kier molecular flexibility index (Phi) is 8.89. The fourth-order valence-electron chi connectivity index (χ4n) is 1.51. The van der Waals surface area contributed by atoms with Gasteiger partial charge in [-0.3, -0.25) is 4.79 Å². The third kappa shape index (κ3) is 5.76. The van der Waals surface area contributed by atoms with Gasteiger partial charge in [-0.1, -0.05) is 19.1 Å². The first-order chi connectivity index (χ1) is 8.17. The molecule has 1 amide bonds. The van der Waals surface area contributed by atoms with E-state index in [1.807, 2.05) is 14.0 Å². The van der Waals surface area contributed by atoms with Gasteiger partial charge in [0, 0.05) is 23.9 Å². The molecule has 0 aliphatic heterocycles. The molecule has 0 spiro atoms. The van der Waals surface area contributed by atoms with Crippen LogP contribution < -0.4 is 10.6 Å². The number of carbonyl (C=O) groups is 1. The Morgan fingerprint density at radius 2 is 1.94 bits per heavy atom. The van der Waals surface area contributed by atoms with Crippen LogP contribution in [-0.2, 0) is 11.3 Å². The van der Waals surface area contributed by atoms with Crippen LogP contribution in [0.5, 0.6) is 0 Å². The summed E-state index contributed by atoms with van der Waals surface area (Å²) in [7, 11) is 1.85. The molecule has 0 saturated carbocycles. The zero-order chi connectivity index (χ0) is 12.7. The van der Waals surface area contributed by atoms with Crippen molar-refractivity contribution in [3.05, 3.63) is 29.8 Å². The number of amides is 1. The summed E-state index contributed by atoms with van der Waals surface area (Å²) in [6, 6.07) is 8.25. The molecular weight excluding hydrogens is 268 g/mol. The largest absolute Gasteiger partial charge is 0.352 e. The zero-order valence-corrected chi connectivity index (χ0v) is 12.7. The molecule has 5 heteroatoms. The van der Waals surface area contributed by atoms with Crippen molar-refractivity contribution in [3.8, 4) is 0 Å². The highest BCUT2D eigenvalue weighted by Crippen LogP contribution is 2.14. The van der Waals surface area contributed by atoms with E-state index in [-0.39, 0.29) is 24.2 Å². The molecule has 0 bridgehead atoms. The van der Waals surface area contributed by atoms with Crippen LogP contribution in [0, 0.1) is 5.92 Å². The summed E-state index contributed by atoms with van der Waals surface area (Å²) in [5.41, 5.74) is 1.13. The van der Waals surface area contributed by atoms with E-state index in [1.54, 1.807) is 11.8 Å². The summed E-state index contributed by atoms with van der Waals surface area (Å²) >= 11 is 1.72. The summed E-state index contributed by atoms with van der Waals surface area (Å²) in [5.74, 6) is 0.0961. The summed E-state index contributed by atoms with van der Waals surface area (Å²) in [5, 5.41) is 5.93. The minimum absolute atomic E-state index is 0. The van der Waals surface area contributed by atoms with Gasteiger partial charge in [0.2, 0.25) is 5.91 Å². The lowest BCUT2D eigenvalue weighted by atomic mass is 10.1. The second-order valence-electron chi connectivity index (χ2n) is 4.02. The summed E-state index contributed by atoms with van der Waals surface area (Å²) in [6.07, 6.45) is 2.05. The average molecular weight is 289 g/mol. The summed E-state index contributed by atoms with van der Waals surface area (Å²) in [4.78, 5) is 12.9. The lowest BCUT2D eigenvalue weighted by molar-refractivity contribution is -0.124. The predicted molar refractivity (Wildman–Crippen MR) is 80.4 cm³/mol. The molecule has 0 aliphatic rings. The quantitative estimate of drug-likeness (QED) is 0.789. The number of rotatable bonds is 6. The van der Waals surface area contributed by atoms with E-state index >= 15 is 0 Å². The third-order valence-corrected chi connectivity index (χ3v) is 3.33. The van der Waals surface area contributed by atoms with Crippen molar-refractivity contribution in [1.29, 1.82) is 0 Å². The molecule has 1 rings (SSSR count). The molecule has 1 aromatic carbocycles. The van der Waals surface area contributed by atoms with Gasteiger partial charge >= 0.3 is 0 Å². The Bertz CT molecular complexity index is 357. The van der Waals surface area contributed by atoms with Gasteiger partial charge in [0.05, 0.1) is 0 Å². The second-order valence-corrected chi connectivity index (χ2v) is 4.90. The van der Waals surface area contributed by atoms with Crippen LogP contribution in [-0.4, -0.2) is 25.8 Å². The van der Waals surface area contributed by atoms with Gasteiger partial charge in [-0.2, -0.15) is 0 Å². The molecule has 1 aromatic rings. The smallest absolute Gasteiger partial charge is 0.224 e. The normalized spacial score (nSPS) is 11.5. The van der Waals surface area contributed by atoms with Crippen LogP contribution in [0.25, 0.3) is 0 Å². The van der Waals surface area contributed by atoms with Gasteiger partial charge in [-0.15, -0.1) is 24.2 Å². The van der Waals surface area contributed by atoms with Gasteiger partial charge < -0.3 is 10.6 Å². The average Bonchev–Trinajstić information content (AvgIpc) is 2.36. The van der Waals surface area contributed by atoms with Gasteiger partial charge in [-0.05, 0) is 31.0 Å². The van der Waals surface area contributed by atoms with E-state index in [4.69, 9.17) is 0 Å². The Morgan fingerprint density at radius 3 is 2.44 bits per heavy atom. The Morgan fingerprint density at radius 1 is 1.33 bits per heavy atom. The lowest BCUT2D eigenvalue weighted by Gasteiger charge is -2.11. The van der Waals surface area contributed by atoms with E-state index in [0.29, 0.717) is 13.1 Å². The van der Waals surface area contributed by atoms with Crippen molar-refractivity contribution in [3.63, 3.8) is 0 Å². The van der Waals surface area contributed by atoms with Crippen molar-refractivity contribution in [2.45, 2.75) is 18.4 Å². The first kappa shape index (κ1) is 17.3. The molecule has 0 aliphatic carbocycles. The zero-order valence-electron chi connectivity index (χ0n) is 11.0. The van der Waals surface area contributed by atoms with Crippen molar-refractivity contribution in [1.82, 2.24) is 10.6 Å². The van der Waals surface area contributed by atoms with Crippen LogP contribution >= 0.6 is 24.2 Å². The van der Waals surface area contributed by atoms with Gasteiger partial charge in [0.25, 0.3) is 0 Å². The van der Waals surface area contributed by atoms with Gasteiger partial charge in [0.15, 0.2) is 0 Å². The van der Waals surface area contributed by atoms with Crippen LogP contribution in [0.4, 0.5) is 0 Å². The molecule has 2 N–H and O–H groups in total. The highest BCUT2D eigenvalue weighted by molar-refractivity contribution is 7.98. The molecule has 18 heavy (non-hydrogen) atoms. The van der Waals surface area contributed by atoms with E-state index < -0.39 is 0 Å². The van der Waals surface area contributed by atoms with E-state index in [2.05, 4.69) is 41.2 Å². The number of hydrogen-bond donors (Lipinski definition) is 2. The Balaban J connectivity index is 0.00000289. The number of halogens is 1. The van der Waals surface area contributed by atoms with E-state index in [9.17, 15) is 4.79 Å². The second kappa shape index (κ2) is 9.25. The fraction of sp³-hybridized carbons (Fsp3) is 0.462. The Hall–Kier alpha value is -0.710. The van der Waals surface area contributed by atoms with Crippen LogP contribution in [0.15, 0.2) is 29.2 Å². The monoisotopic (exact) mass is 288 g/mol. The molecule has 0 heterocycles. The van der Waals surface area contributed by atoms with Crippen LogP contribution in [0.2, 0.25) is 0 Å². The summed E-state index contributed by atoms with van der Waals surface area (Å²) < 4.78 is 0. The number of carbonyl (C=O) groups excluding carboxylic acids is 1. The third-order valence-electron chi connectivity index (χ3n) is 2.58. The van der Waals surface area contributed by atoms with Crippen molar-refractivity contribution in [2.75, 3.05) is 19.8 Å². The van der Waals surface area contributed by atoms with Crippen molar-refractivity contribution < 1.29 is 4.79 Å². The highest BCUT2D eigenvalue weighted by atomic mass is 35.5. The molecule has 0 fully saturated rings. The lowest BCUT2D eigenvalue weighted by Crippen LogP contribution is -2.33. The molecule has 1 unspecified atom stereocenters. The predicted octanol–water partition coefficient (Wildman–Crippen LogP) is 2.30. The van der Waals surface area contributed by atoms with Crippen molar-refractivity contribution >= 4 is 30.1 Å². The maximum Gasteiger partial charge on any atom is 0.224 e. The first-order valence-corrected chi connectivity index (χ1v) is 6.95. The molecule has 1 atom stereocenters. The first-order valence-electron chi connectivity index (χ1n) is 5.72. The molecule has 0 aromatic heterocycles. The van der Waals surface area contributed by atoms with Crippen LogP contribution in [0.3, 0.4) is 0 Å². The minimum Gasteiger partial charge on any atom is -0.352 e. The van der Waals surface area contributed by atoms with Gasteiger partial charge in [0.1, 0.15) is 0 Å². The Labute approximate surface area is 120 Å². The topological polar surface area (TPSA) is 41.1 Å². The molecular formula is C13H21ClN2OS. The van der Waals surface area contributed by atoms with E-state index in [0.717, 1.165) is 5.56 Å². The SMILES string of the molecule is CNCC(C)C(=O)NCc1ccc(SC)cc1.Cl. The standard InChI is InChI=1S/C13H20N2OS.ClH/c1-10(8-14-2)13(16)15-9-11-4-6-12(17-3)7-5-11;/h4-7,10,14H,8-9H2,1-3H3,(H,15,16);1H. The summed E-state index contributed by atoms with van der Waals surface area (Å²) in [6.45, 7) is 3.22. The maximum absolute atomic E-state index is 11.7. The highest BCUT2D eigenvalue weighted by Gasteiger charge is 2.10. The molecule has 3 nitrogen and oxygen atoms in total. The minimum atomic E-state index is 0. The molecule has 0 radical (unpaired) electrons. The fourth-order valence-corrected chi connectivity index (χ4v) is 1.91. The number of nitrogens with one attached hydrogen (secondary N) is 2. The van der Waals surface area contributed by atoms with Crippen LogP contribution in [0.1, 0.15) is 12.5 Å². The number of hydrogen-bond acceptors (Lipinski definition) is 3. The molecule has 0 saturated heterocycles. The van der Waals surface area contributed by atoms with E-state index in [1.165, 1.54) is 4.90 Å². The van der Waals surface area contributed by atoms with Crippen molar-refractivity contribution in [2.24, 2.45) is 5.92 Å². The maximum atomic E-state index is 11.7.